The predicted molar refractivity (Wildman–Crippen MR) is 109 cm³/mol. The number of nitrogens with one attached hydrogen (secondary N) is 1. The quantitative estimate of drug-likeness (QED) is 0.633. The molecule has 1 aliphatic heterocycles. The van der Waals surface area contributed by atoms with Gasteiger partial charge >= 0.3 is 0 Å². The molecule has 8 nitrogen and oxygen atoms in total. The molecule has 3 aromatic rings. The number of aromatic nitrogens is 4. The van der Waals surface area contributed by atoms with Gasteiger partial charge in [0.1, 0.15) is 11.6 Å². The first-order chi connectivity index (χ1) is 13.5. The summed E-state index contributed by atoms with van der Waals surface area (Å²) in [5.74, 6) is 1.25. The van der Waals surface area contributed by atoms with Crippen molar-refractivity contribution in [2.45, 2.75) is 39.3 Å². The van der Waals surface area contributed by atoms with Gasteiger partial charge < -0.3 is 16.2 Å². The van der Waals surface area contributed by atoms with Crippen molar-refractivity contribution in [3.8, 4) is 5.75 Å². The van der Waals surface area contributed by atoms with Gasteiger partial charge in [-0.1, -0.05) is 0 Å². The number of hydrogen-bond acceptors (Lipinski definition) is 8. The van der Waals surface area contributed by atoms with Crippen LogP contribution in [0, 0.1) is 13.8 Å². The molecule has 1 saturated heterocycles. The molecular weight excluding hydrogens is 354 g/mol. The fraction of sp³-hybridized carbons (Fsp3) is 0.400. The van der Waals surface area contributed by atoms with Crippen LogP contribution >= 0.6 is 0 Å². The lowest BCUT2D eigenvalue weighted by atomic mass is 10.0. The number of fused-ring (bicyclic) bond motifs is 1. The highest BCUT2D eigenvalue weighted by molar-refractivity contribution is 5.89. The average molecular weight is 379 g/mol. The Balaban J connectivity index is 1.42. The largest absolute Gasteiger partial charge is 0.506 e. The van der Waals surface area contributed by atoms with Crippen molar-refractivity contribution < 1.29 is 5.11 Å². The van der Waals surface area contributed by atoms with E-state index in [0.29, 0.717) is 17.4 Å². The maximum atomic E-state index is 9.90. The van der Waals surface area contributed by atoms with Crippen molar-refractivity contribution in [3.05, 3.63) is 41.3 Å². The van der Waals surface area contributed by atoms with E-state index in [2.05, 4.69) is 30.2 Å². The molecular formula is C20H25N7O. The molecule has 1 fully saturated rings. The topological polar surface area (TPSA) is 113 Å². The third kappa shape index (κ3) is 3.82. The number of anilines is 2. The van der Waals surface area contributed by atoms with Gasteiger partial charge in [0, 0.05) is 43.1 Å². The molecule has 0 unspecified atom stereocenters. The van der Waals surface area contributed by atoms with Crippen molar-refractivity contribution in [3.63, 3.8) is 0 Å². The van der Waals surface area contributed by atoms with Crippen LogP contribution in [0.4, 0.5) is 11.8 Å². The molecule has 0 bridgehead atoms. The highest BCUT2D eigenvalue weighted by atomic mass is 16.3. The lowest BCUT2D eigenvalue weighted by Gasteiger charge is -2.32. The Kier molecular flexibility index (Phi) is 4.95. The third-order valence-corrected chi connectivity index (χ3v) is 5.22. The van der Waals surface area contributed by atoms with E-state index in [1.807, 2.05) is 26.0 Å². The van der Waals surface area contributed by atoms with Crippen LogP contribution in [0.5, 0.6) is 5.75 Å². The number of piperidine rings is 1. The fourth-order valence-corrected chi connectivity index (χ4v) is 3.78. The Morgan fingerprint density at radius 3 is 2.75 bits per heavy atom. The summed E-state index contributed by atoms with van der Waals surface area (Å²) in [6.07, 6.45) is 5.13. The molecule has 4 N–H and O–H groups in total. The molecule has 4 heterocycles. The second-order valence-electron chi connectivity index (χ2n) is 7.41. The Morgan fingerprint density at radius 2 is 2.00 bits per heavy atom. The molecule has 1 aliphatic rings. The van der Waals surface area contributed by atoms with E-state index in [1.165, 1.54) is 6.20 Å². The number of nitrogens with zero attached hydrogens (tertiary/aromatic N) is 5. The zero-order chi connectivity index (χ0) is 19.7. The van der Waals surface area contributed by atoms with Crippen molar-refractivity contribution >= 4 is 22.8 Å². The minimum absolute atomic E-state index is 0.251. The zero-order valence-electron chi connectivity index (χ0n) is 16.2. The van der Waals surface area contributed by atoms with Gasteiger partial charge in [0.25, 0.3) is 0 Å². The van der Waals surface area contributed by atoms with Gasteiger partial charge in [-0.2, -0.15) is 9.97 Å². The summed E-state index contributed by atoms with van der Waals surface area (Å²) >= 11 is 0. The van der Waals surface area contributed by atoms with Crippen molar-refractivity contribution in [1.82, 2.24) is 24.8 Å². The van der Waals surface area contributed by atoms with Crippen LogP contribution in [0.3, 0.4) is 0 Å². The van der Waals surface area contributed by atoms with Gasteiger partial charge in [0.15, 0.2) is 5.65 Å². The van der Waals surface area contributed by atoms with E-state index < -0.39 is 0 Å². The summed E-state index contributed by atoms with van der Waals surface area (Å²) in [6.45, 7) is 6.54. The summed E-state index contributed by atoms with van der Waals surface area (Å²) in [5.41, 5.74) is 9.67. The number of nitrogens with two attached hydrogens (primary N) is 1. The first-order valence-corrected chi connectivity index (χ1v) is 9.52. The normalized spacial score (nSPS) is 15.8. The number of aromatic hydroxyl groups is 1. The molecule has 146 valence electrons. The van der Waals surface area contributed by atoms with Crippen LogP contribution in [0.1, 0.15) is 29.7 Å². The number of aryl methyl sites for hydroxylation is 2. The van der Waals surface area contributed by atoms with E-state index in [0.717, 1.165) is 54.7 Å². The van der Waals surface area contributed by atoms with Crippen molar-refractivity contribution in [1.29, 1.82) is 0 Å². The lowest BCUT2D eigenvalue weighted by Crippen LogP contribution is -2.39. The first-order valence-electron chi connectivity index (χ1n) is 9.52. The molecule has 3 aromatic heterocycles. The molecule has 0 atom stereocenters. The molecule has 0 aromatic carbocycles. The zero-order valence-corrected chi connectivity index (χ0v) is 16.2. The minimum Gasteiger partial charge on any atom is -0.506 e. The maximum absolute atomic E-state index is 9.90. The van der Waals surface area contributed by atoms with Crippen LogP contribution in [0.2, 0.25) is 0 Å². The molecule has 0 saturated carbocycles. The van der Waals surface area contributed by atoms with Crippen LogP contribution in [0.25, 0.3) is 11.0 Å². The molecule has 8 heteroatoms. The highest BCUT2D eigenvalue weighted by Gasteiger charge is 2.21. The number of rotatable bonds is 4. The van der Waals surface area contributed by atoms with Crippen LogP contribution in [0.15, 0.2) is 24.5 Å². The van der Waals surface area contributed by atoms with Gasteiger partial charge in [-0.25, -0.2) is 4.98 Å². The number of likely N-dealkylation sites (tertiary alicyclic amines) is 1. The lowest BCUT2D eigenvalue weighted by molar-refractivity contribution is 0.209. The Hall–Kier alpha value is -3.00. The maximum Gasteiger partial charge on any atom is 0.226 e. The standard InChI is InChI=1S/C20H25N7O/c1-12-9-13(2)23-19-17(12)18(21)25-20(26-19)24-15-4-7-27(8-5-15)11-14-3-6-22-10-16(14)28/h3,6,9-10,15,28H,4-5,7-8,11H2,1-2H3,(H3,21,23,24,25,26). The van der Waals surface area contributed by atoms with Gasteiger partial charge in [-0.3, -0.25) is 9.88 Å². The SMILES string of the molecule is Cc1cc(C)c2c(N)nc(NC3CCN(Cc4ccncc4O)CC3)nc2n1. The number of nitrogen functional groups attached to an aromatic ring is 1. The molecule has 0 amide bonds. The molecule has 0 spiro atoms. The van der Waals surface area contributed by atoms with Gasteiger partial charge in [-0.05, 0) is 44.4 Å². The minimum atomic E-state index is 0.251. The fourth-order valence-electron chi connectivity index (χ4n) is 3.78. The summed E-state index contributed by atoms with van der Waals surface area (Å²) < 4.78 is 0. The Labute approximate surface area is 163 Å². The highest BCUT2D eigenvalue weighted by Crippen LogP contribution is 2.24. The molecule has 0 radical (unpaired) electrons. The van der Waals surface area contributed by atoms with Crippen molar-refractivity contribution in [2.24, 2.45) is 0 Å². The molecule has 0 aliphatic carbocycles. The number of hydrogen-bond donors (Lipinski definition) is 3. The van der Waals surface area contributed by atoms with Gasteiger partial charge in [0.05, 0.1) is 11.6 Å². The van der Waals surface area contributed by atoms with Crippen LogP contribution in [-0.2, 0) is 6.54 Å². The smallest absolute Gasteiger partial charge is 0.226 e. The second-order valence-corrected chi connectivity index (χ2v) is 7.41. The van der Waals surface area contributed by atoms with E-state index in [9.17, 15) is 5.11 Å². The van der Waals surface area contributed by atoms with E-state index in [1.54, 1.807) is 6.20 Å². The Bertz CT molecular complexity index is 999. The van der Waals surface area contributed by atoms with Gasteiger partial charge in [-0.15, -0.1) is 0 Å². The summed E-state index contributed by atoms with van der Waals surface area (Å²) in [4.78, 5) is 19.8. The van der Waals surface area contributed by atoms with E-state index in [4.69, 9.17) is 5.73 Å². The predicted octanol–water partition coefficient (Wildman–Crippen LogP) is 2.40. The van der Waals surface area contributed by atoms with Gasteiger partial charge in [0.2, 0.25) is 5.95 Å². The average Bonchev–Trinajstić information content (AvgIpc) is 2.64. The Morgan fingerprint density at radius 1 is 1.21 bits per heavy atom. The third-order valence-electron chi connectivity index (χ3n) is 5.22. The summed E-state index contributed by atoms with van der Waals surface area (Å²) in [5, 5.41) is 14.1. The molecule has 4 rings (SSSR count). The first kappa shape index (κ1) is 18.4. The molecule has 28 heavy (non-hydrogen) atoms. The van der Waals surface area contributed by atoms with Crippen molar-refractivity contribution in [2.75, 3.05) is 24.1 Å². The van der Waals surface area contributed by atoms with Crippen LogP contribution in [-0.4, -0.2) is 49.1 Å². The monoisotopic (exact) mass is 379 g/mol. The van der Waals surface area contributed by atoms with E-state index in [-0.39, 0.29) is 11.8 Å². The number of pyridine rings is 2. The summed E-state index contributed by atoms with van der Waals surface area (Å²) in [7, 11) is 0. The summed E-state index contributed by atoms with van der Waals surface area (Å²) in [6, 6.07) is 4.14. The van der Waals surface area contributed by atoms with E-state index >= 15 is 0 Å². The second kappa shape index (κ2) is 7.55. The van der Waals surface area contributed by atoms with Crippen LogP contribution < -0.4 is 11.1 Å².